The van der Waals surface area contributed by atoms with Crippen LogP contribution in [-0.2, 0) is 14.8 Å². The number of benzene rings is 1. The molecule has 1 N–H and O–H groups in total. The average Bonchev–Trinajstić information content (AvgIpc) is 2.81. The monoisotopic (exact) mass is 299 g/mol. The summed E-state index contributed by atoms with van der Waals surface area (Å²) in [6.45, 7) is 1.95. The quantitative estimate of drug-likeness (QED) is 0.898. The predicted octanol–water partition coefficient (Wildman–Crippen LogP) is 1.04. The van der Waals surface area contributed by atoms with Crippen molar-refractivity contribution >= 4 is 16.0 Å². The van der Waals surface area contributed by atoms with Gasteiger partial charge in [0.25, 0.3) is 0 Å². The van der Waals surface area contributed by atoms with Crippen molar-refractivity contribution in [2.24, 2.45) is 11.8 Å². The van der Waals surface area contributed by atoms with E-state index in [1.165, 1.54) is 17.5 Å². The van der Waals surface area contributed by atoms with Crippen molar-refractivity contribution in [1.82, 2.24) is 4.31 Å². The number of carbonyl (C=O) groups is 1. The van der Waals surface area contributed by atoms with Gasteiger partial charge in [0, 0.05) is 13.1 Å². The van der Waals surface area contributed by atoms with Crippen LogP contribution < -0.4 is 4.74 Å². The molecular formula is C13H17NO5S. The number of ether oxygens (including phenoxy) is 1. The summed E-state index contributed by atoms with van der Waals surface area (Å²) in [5.41, 5.74) is 0. The zero-order valence-corrected chi connectivity index (χ0v) is 12.1. The van der Waals surface area contributed by atoms with E-state index in [0.717, 1.165) is 0 Å². The first kappa shape index (κ1) is 14.8. The molecule has 0 amide bonds. The summed E-state index contributed by atoms with van der Waals surface area (Å²) in [5.74, 6) is -1.58. The van der Waals surface area contributed by atoms with Crippen LogP contribution in [-0.4, -0.2) is 44.0 Å². The maximum absolute atomic E-state index is 12.6. The smallest absolute Gasteiger partial charge is 0.308 e. The number of hydrogen-bond donors (Lipinski definition) is 1. The van der Waals surface area contributed by atoms with E-state index in [9.17, 15) is 13.2 Å². The minimum Gasteiger partial charge on any atom is -0.495 e. The van der Waals surface area contributed by atoms with Gasteiger partial charge in [-0.05, 0) is 18.1 Å². The van der Waals surface area contributed by atoms with Gasteiger partial charge in [-0.25, -0.2) is 8.42 Å². The van der Waals surface area contributed by atoms with Crippen molar-refractivity contribution in [2.45, 2.75) is 11.8 Å². The maximum atomic E-state index is 12.6. The van der Waals surface area contributed by atoms with E-state index in [0.29, 0.717) is 0 Å². The Kier molecular flexibility index (Phi) is 4.01. The molecule has 20 heavy (non-hydrogen) atoms. The third-order valence-corrected chi connectivity index (χ3v) is 5.45. The summed E-state index contributed by atoms with van der Waals surface area (Å²) < 4.78 is 31.4. The van der Waals surface area contributed by atoms with Crippen molar-refractivity contribution in [3.05, 3.63) is 24.3 Å². The number of carboxylic acid groups (broad SMARTS) is 1. The molecule has 1 heterocycles. The largest absolute Gasteiger partial charge is 0.495 e. The molecule has 110 valence electrons. The highest BCUT2D eigenvalue weighted by atomic mass is 32.2. The van der Waals surface area contributed by atoms with Crippen LogP contribution in [0.2, 0.25) is 0 Å². The van der Waals surface area contributed by atoms with Gasteiger partial charge in [-0.15, -0.1) is 0 Å². The van der Waals surface area contributed by atoms with Gasteiger partial charge in [0.05, 0.1) is 13.0 Å². The van der Waals surface area contributed by atoms with Crippen LogP contribution in [0.3, 0.4) is 0 Å². The lowest BCUT2D eigenvalue weighted by Crippen LogP contribution is -2.30. The van der Waals surface area contributed by atoms with Crippen LogP contribution in [0.1, 0.15) is 6.92 Å². The molecule has 0 spiro atoms. The molecule has 0 aliphatic carbocycles. The molecular weight excluding hydrogens is 282 g/mol. The van der Waals surface area contributed by atoms with Crippen LogP contribution >= 0.6 is 0 Å². The van der Waals surface area contributed by atoms with Crippen molar-refractivity contribution in [1.29, 1.82) is 0 Å². The fraction of sp³-hybridized carbons (Fsp3) is 0.462. The summed E-state index contributed by atoms with van der Waals surface area (Å²) in [7, 11) is -2.33. The molecule has 1 aromatic rings. The first-order chi connectivity index (χ1) is 9.37. The van der Waals surface area contributed by atoms with Gasteiger partial charge in [-0.2, -0.15) is 4.31 Å². The lowest BCUT2D eigenvalue weighted by atomic mass is 9.99. The normalized spacial score (nSPS) is 23.7. The highest BCUT2D eigenvalue weighted by molar-refractivity contribution is 7.89. The van der Waals surface area contributed by atoms with Gasteiger partial charge in [-0.1, -0.05) is 19.1 Å². The Morgan fingerprint density at radius 3 is 2.55 bits per heavy atom. The van der Waals surface area contributed by atoms with Crippen LogP contribution in [0.25, 0.3) is 0 Å². The van der Waals surface area contributed by atoms with E-state index < -0.39 is 21.9 Å². The van der Waals surface area contributed by atoms with E-state index in [1.807, 2.05) is 0 Å². The van der Waals surface area contributed by atoms with E-state index in [-0.39, 0.29) is 29.7 Å². The fourth-order valence-corrected chi connectivity index (χ4v) is 4.13. The summed E-state index contributed by atoms with van der Waals surface area (Å²) in [6, 6.07) is 6.34. The lowest BCUT2D eigenvalue weighted by Gasteiger charge is -2.17. The molecule has 1 aliphatic heterocycles. The molecule has 0 radical (unpaired) electrons. The van der Waals surface area contributed by atoms with E-state index in [4.69, 9.17) is 9.84 Å². The Bertz CT molecular complexity index is 613. The third kappa shape index (κ3) is 2.51. The number of methoxy groups -OCH3 is 1. The molecule has 1 aromatic carbocycles. The highest BCUT2D eigenvalue weighted by Crippen LogP contribution is 2.32. The molecule has 0 saturated carbocycles. The summed E-state index contributed by atoms with van der Waals surface area (Å²) >= 11 is 0. The number of sulfonamides is 1. The SMILES string of the molecule is COc1ccccc1S(=O)(=O)N1C[C@@H](C)[C@H](C(=O)O)C1. The minimum atomic E-state index is -3.74. The Hall–Kier alpha value is -1.60. The Labute approximate surface area is 118 Å². The van der Waals surface area contributed by atoms with Gasteiger partial charge in [0.1, 0.15) is 10.6 Å². The first-order valence-corrected chi connectivity index (χ1v) is 7.68. The fourth-order valence-electron chi connectivity index (χ4n) is 2.41. The lowest BCUT2D eigenvalue weighted by molar-refractivity contribution is -0.142. The zero-order valence-electron chi connectivity index (χ0n) is 11.3. The third-order valence-electron chi connectivity index (χ3n) is 3.58. The second-order valence-corrected chi connectivity index (χ2v) is 6.80. The van der Waals surface area contributed by atoms with Crippen molar-refractivity contribution < 1.29 is 23.1 Å². The van der Waals surface area contributed by atoms with Crippen LogP contribution in [0.4, 0.5) is 0 Å². The van der Waals surface area contributed by atoms with Crippen LogP contribution in [0, 0.1) is 11.8 Å². The molecule has 2 atom stereocenters. The minimum absolute atomic E-state index is 0.00309. The molecule has 0 unspecified atom stereocenters. The van der Waals surface area contributed by atoms with Crippen LogP contribution in [0.15, 0.2) is 29.2 Å². The Balaban J connectivity index is 2.35. The maximum Gasteiger partial charge on any atom is 0.308 e. The molecule has 7 heteroatoms. The van der Waals surface area contributed by atoms with Crippen LogP contribution in [0.5, 0.6) is 5.75 Å². The molecule has 6 nitrogen and oxygen atoms in total. The number of hydrogen-bond acceptors (Lipinski definition) is 4. The molecule has 1 fully saturated rings. The van der Waals surface area contributed by atoms with Gasteiger partial charge < -0.3 is 9.84 Å². The predicted molar refractivity (Wildman–Crippen MR) is 72.0 cm³/mol. The van der Waals surface area contributed by atoms with Gasteiger partial charge in [0.2, 0.25) is 10.0 Å². The number of aliphatic carboxylic acids is 1. The number of carboxylic acids is 1. The molecule has 1 aliphatic rings. The second-order valence-electron chi connectivity index (χ2n) is 4.89. The van der Waals surface area contributed by atoms with Crippen molar-refractivity contribution in [3.8, 4) is 5.75 Å². The Morgan fingerprint density at radius 1 is 1.35 bits per heavy atom. The summed E-state index contributed by atoms with van der Waals surface area (Å²) in [5, 5.41) is 9.09. The number of nitrogens with zero attached hydrogens (tertiary/aromatic N) is 1. The molecule has 0 aromatic heterocycles. The first-order valence-electron chi connectivity index (χ1n) is 6.24. The van der Waals surface area contributed by atoms with Crippen molar-refractivity contribution in [3.63, 3.8) is 0 Å². The molecule has 0 bridgehead atoms. The van der Waals surface area contributed by atoms with E-state index >= 15 is 0 Å². The van der Waals surface area contributed by atoms with Gasteiger partial charge >= 0.3 is 5.97 Å². The average molecular weight is 299 g/mol. The molecule has 2 rings (SSSR count). The number of para-hydroxylation sites is 1. The topological polar surface area (TPSA) is 83.9 Å². The van der Waals surface area contributed by atoms with Gasteiger partial charge in [-0.3, -0.25) is 4.79 Å². The highest BCUT2D eigenvalue weighted by Gasteiger charge is 2.41. The Morgan fingerprint density at radius 2 is 2.00 bits per heavy atom. The van der Waals surface area contributed by atoms with Gasteiger partial charge in [0.15, 0.2) is 0 Å². The van der Waals surface area contributed by atoms with E-state index in [1.54, 1.807) is 25.1 Å². The summed E-state index contributed by atoms with van der Waals surface area (Å²) in [4.78, 5) is 11.2. The van der Waals surface area contributed by atoms with E-state index in [2.05, 4.69) is 0 Å². The zero-order chi connectivity index (χ0) is 14.9. The second kappa shape index (κ2) is 5.41. The molecule has 1 saturated heterocycles. The number of rotatable bonds is 4. The summed E-state index contributed by atoms with van der Waals surface area (Å²) in [6.07, 6.45) is 0. The van der Waals surface area contributed by atoms with Crippen molar-refractivity contribution in [2.75, 3.05) is 20.2 Å². The standard InChI is InChI=1S/C13H17NO5S/c1-9-7-14(8-10(9)13(15)16)20(17,18)12-6-4-3-5-11(12)19-2/h3-6,9-10H,7-8H2,1-2H3,(H,15,16)/t9-,10-/m1/s1.